The van der Waals surface area contributed by atoms with Crippen molar-refractivity contribution in [2.75, 3.05) is 30.8 Å². The van der Waals surface area contributed by atoms with Crippen LogP contribution in [0.2, 0.25) is 0 Å². The van der Waals surface area contributed by atoms with Crippen molar-refractivity contribution in [3.05, 3.63) is 84.4 Å². The first-order chi connectivity index (χ1) is 15.6. The van der Waals surface area contributed by atoms with Gasteiger partial charge in [-0.05, 0) is 67.1 Å². The summed E-state index contributed by atoms with van der Waals surface area (Å²) >= 11 is 0. The van der Waals surface area contributed by atoms with Crippen molar-refractivity contribution >= 4 is 28.1 Å². The molecule has 4 aromatic rings. The minimum atomic E-state index is 0.0827. The number of rotatable bonds is 9. The Morgan fingerprint density at radius 1 is 0.938 bits per heavy atom. The highest BCUT2D eigenvalue weighted by atomic mass is 16.5. The molecule has 0 amide bonds. The van der Waals surface area contributed by atoms with Crippen LogP contribution in [0.3, 0.4) is 0 Å². The third-order valence-electron chi connectivity index (χ3n) is 5.30. The number of fused-ring (bicyclic) bond motifs is 1. The third kappa shape index (κ3) is 4.98. The minimum absolute atomic E-state index is 0.0827. The fraction of sp³-hybridized carbons (Fsp3) is 0.154. The summed E-state index contributed by atoms with van der Waals surface area (Å²) in [7, 11) is 1.67. The van der Waals surface area contributed by atoms with E-state index in [-0.39, 0.29) is 5.84 Å². The van der Waals surface area contributed by atoms with Gasteiger partial charge in [0, 0.05) is 41.0 Å². The van der Waals surface area contributed by atoms with E-state index in [1.54, 1.807) is 7.11 Å². The van der Waals surface area contributed by atoms with E-state index in [2.05, 4.69) is 22.8 Å². The average Bonchev–Trinajstić information content (AvgIpc) is 2.84. The van der Waals surface area contributed by atoms with Gasteiger partial charge in [0.05, 0.1) is 18.3 Å². The summed E-state index contributed by atoms with van der Waals surface area (Å²) in [6, 6.07) is 25.9. The fourth-order valence-corrected chi connectivity index (χ4v) is 3.54. The Morgan fingerprint density at radius 2 is 1.66 bits per heavy atom. The number of nitrogens with zero attached hydrogens (tertiary/aromatic N) is 1. The summed E-state index contributed by atoms with van der Waals surface area (Å²) in [5.74, 6) is 0.913. The molecule has 0 aliphatic carbocycles. The van der Waals surface area contributed by atoms with Gasteiger partial charge in [0.25, 0.3) is 0 Å². The van der Waals surface area contributed by atoms with Crippen molar-refractivity contribution in [2.24, 2.45) is 5.73 Å². The fourth-order valence-electron chi connectivity index (χ4n) is 3.54. The molecular weight excluding hydrogens is 398 g/mol. The first-order valence-electron chi connectivity index (χ1n) is 10.6. The van der Waals surface area contributed by atoms with Crippen molar-refractivity contribution in [1.29, 1.82) is 5.41 Å². The Balaban J connectivity index is 1.42. The molecule has 1 aromatic heterocycles. The zero-order chi connectivity index (χ0) is 22.3. The molecule has 0 saturated heterocycles. The molecular formula is C26H27N5O. The maximum absolute atomic E-state index is 7.47. The summed E-state index contributed by atoms with van der Waals surface area (Å²) in [5.41, 5.74) is 11.3. The lowest BCUT2D eigenvalue weighted by molar-refractivity contribution is 0.415. The smallest absolute Gasteiger partial charge is 0.122 e. The van der Waals surface area contributed by atoms with E-state index in [0.29, 0.717) is 0 Å². The second kappa shape index (κ2) is 9.83. The lowest BCUT2D eigenvalue weighted by atomic mass is 10.1. The van der Waals surface area contributed by atoms with Crippen molar-refractivity contribution in [3.63, 3.8) is 0 Å². The molecule has 5 N–H and O–H groups in total. The van der Waals surface area contributed by atoms with E-state index in [0.717, 1.165) is 64.4 Å². The Hall–Kier alpha value is -4.06. The number of hydrogen-bond donors (Lipinski definition) is 4. The second-order valence-corrected chi connectivity index (χ2v) is 7.50. The summed E-state index contributed by atoms with van der Waals surface area (Å²) in [6.45, 7) is 1.66. The molecule has 4 rings (SSSR count). The van der Waals surface area contributed by atoms with E-state index in [4.69, 9.17) is 20.9 Å². The number of amidine groups is 1. The number of nitrogens with two attached hydrogens (primary N) is 1. The first-order valence-corrected chi connectivity index (χ1v) is 10.6. The SMILES string of the molecule is COc1ccc(-c2cc(NCCCNc3ccc(C(=N)N)cc3)c3ccccc3n2)cc1. The van der Waals surface area contributed by atoms with Crippen LogP contribution in [0.15, 0.2) is 78.9 Å². The molecule has 0 saturated carbocycles. The molecule has 6 heteroatoms. The molecule has 6 nitrogen and oxygen atoms in total. The van der Waals surface area contributed by atoms with Gasteiger partial charge in [-0.1, -0.05) is 18.2 Å². The molecule has 0 spiro atoms. The lowest BCUT2D eigenvalue weighted by Crippen LogP contribution is -2.11. The highest BCUT2D eigenvalue weighted by Crippen LogP contribution is 2.29. The lowest BCUT2D eigenvalue weighted by Gasteiger charge is -2.13. The highest BCUT2D eigenvalue weighted by molar-refractivity contribution is 5.95. The zero-order valence-electron chi connectivity index (χ0n) is 18.1. The van der Waals surface area contributed by atoms with Crippen molar-refractivity contribution in [1.82, 2.24) is 4.98 Å². The second-order valence-electron chi connectivity index (χ2n) is 7.50. The molecule has 1 heterocycles. The summed E-state index contributed by atoms with van der Waals surface area (Å²) in [6.07, 6.45) is 0.947. The molecule has 3 aromatic carbocycles. The maximum atomic E-state index is 7.47. The van der Waals surface area contributed by atoms with Gasteiger partial charge < -0.3 is 21.1 Å². The van der Waals surface area contributed by atoms with Crippen LogP contribution in [0.1, 0.15) is 12.0 Å². The molecule has 162 valence electrons. The molecule has 0 aliphatic heterocycles. The number of hydrogen-bond acceptors (Lipinski definition) is 5. The van der Waals surface area contributed by atoms with Gasteiger partial charge in [-0.3, -0.25) is 5.41 Å². The summed E-state index contributed by atoms with van der Waals surface area (Å²) in [4.78, 5) is 4.85. The Bertz CT molecular complexity index is 1200. The first kappa shape index (κ1) is 21.2. The molecule has 32 heavy (non-hydrogen) atoms. The predicted molar refractivity (Wildman–Crippen MR) is 133 cm³/mol. The summed E-state index contributed by atoms with van der Waals surface area (Å²) in [5, 5.41) is 15.6. The van der Waals surface area contributed by atoms with Gasteiger partial charge in [0.15, 0.2) is 0 Å². The number of aromatic nitrogens is 1. The van der Waals surface area contributed by atoms with Crippen LogP contribution >= 0.6 is 0 Å². The Kier molecular flexibility index (Phi) is 6.51. The number of methoxy groups -OCH3 is 1. The number of nitrogen functional groups attached to an aromatic ring is 1. The van der Waals surface area contributed by atoms with Gasteiger partial charge in [0.2, 0.25) is 0 Å². The van der Waals surface area contributed by atoms with E-state index in [1.807, 2.05) is 66.7 Å². The third-order valence-corrected chi connectivity index (χ3v) is 5.30. The quantitative estimate of drug-likeness (QED) is 0.170. The van der Waals surface area contributed by atoms with Gasteiger partial charge in [0.1, 0.15) is 11.6 Å². The maximum Gasteiger partial charge on any atom is 0.122 e. The van der Waals surface area contributed by atoms with Crippen LogP contribution in [0.5, 0.6) is 5.75 Å². The Morgan fingerprint density at radius 3 is 2.38 bits per heavy atom. The van der Waals surface area contributed by atoms with Gasteiger partial charge in [-0.15, -0.1) is 0 Å². The van der Waals surface area contributed by atoms with E-state index < -0.39 is 0 Å². The normalized spacial score (nSPS) is 10.7. The number of pyridine rings is 1. The number of para-hydroxylation sites is 1. The molecule has 0 atom stereocenters. The molecule has 0 bridgehead atoms. The van der Waals surface area contributed by atoms with Crippen LogP contribution in [-0.4, -0.2) is 31.0 Å². The standard InChI is InChI=1S/C26H27N5O/c1-32-21-13-9-18(10-14-21)24-17-25(22-5-2-3-6-23(22)31-24)30-16-4-15-29-20-11-7-19(8-12-20)26(27)28/h2-3,5-14,17,29H,4,15-16H2,1H3,(H3,27,28)(H,30,31). The molecule has 0 aliphatic rings. The van der Waals surface area contributed by atoms with Crippen molar-refractivity contribution in [2.45, 2.75) is 6.42 Å². The molecule has 0 radical (unpaired) electrons. The molecule has 0 unspecified atom stereocenters. The highest BCUT2D eigenvalue weighted by Gasteiger charge is 2.08. The number of benzene rings is 3. The van der Waals surface area contributed by atoms with Crippen LogP contribution < -0.4 is 21.1 Å². The largest absolute Gasteiger partial charge is 0.497 e. The average molecular weight is 426 g/mol. The zero-order valence-corrected chi connectivity index (χ0v) is 18.1. The minimum Gasteiger partial charge on any atom is -0.497 e. The van der Waals surface area contributed by atoms with E-state index in [1.165, 1.54) is 0 Å². The van der Waals surface area contributed by atoms with Crippen molar-refractivity contribution < 1.29 is 4.74 Å². The number of ether oxygens (including phenoxy) is 1. The van der Waals surface area contributed by atoms with Gasteiger partial charge >= 0.3 is 0 Å². The Labute approximate surface area is 188 Å². The number of nitrogens with one attached hydrogen (secondary N) is 3. The van der Waals surface area contributed by atoms with Crippen molar-refractivity contribution in [3.8, 4) is 17.0 Å². The van der Waals surface area contributed by atoms with Crippen LogP contribution in [0.25, 0.3) is 22.2 Å². The topological polar surface area (TPSA) is 96.0 Å². The van der Waals surface area contributed by atoms with Crippen LogP contribution in [0.4, 0.5) is 11.4 Å². The van der Waals surface area contributed by atoms with E-state index >= 15 is 0 Å². The van der Waals surface area contributed by atoms with Gasteiger partial charge in [-0.2, -0.15) is 0 Å². The predicted octanol–water partition coefficient (Wildman–Crippen LogP) is 5.11. The van der Waals surface area contributed by atoms with Crippen LogP contribution in [0, 0.1) is 5.41 Å². The van der Waals surface area contributed by atoms with Crippen LogP contribution in [-0.2, 0) is 0 Å². The number of anilines is 2. The van der Waals surface area contributed by atoms with E-state index in [9.17, 15) is 0 Å². The van der Waals surface area contributed by atoms with Gasteiger partial charge in [-0.25, -0.2) is 4.98 Å². The molecule has 0 fully saturated rings. The summed E-state index contributed by atoms with van der Waals surface area (Å²) < 4.78 is 5.27. The monoisotopic (exact) mass is 425 g/mol.